The van der Waals surface area contributed by atoms with E-state index < -0.39 is 0 Å². The van der Waals surface area contributed by atoms with Gasteiger partial charge in [0.15, 0.2) is 0 Å². The van der Waals surface area contributed by atoms with Gasteiger partial charge in [0, 0.05) is 18.5 Å². The van der Waals surface area contributed by atoms with Crippen LogP contribution in [0.25, 0.3) is 0 Å². The lowest BCUT2D eigenvalue weighted by atomic mass is 10.2. The van der Waals surface area contributed by atoms with E-state index in [4.69, 9.17) is 0 Å². The van der Waals surface area contributed by atoms with Crippen molar-refractivity contribution >= 4 is 0 Å². The second-order valence-corrected chi connectivity index (χ2v) is 1.96. The molecule has 2 nitrogen and oxygen atoms in total. The van der Waals surface area contributed by atoms with E-state index in [1.807, 2.05) is 18.5 Å². The fourth-order valence-corrected chi connectivity index (χ4v) is 0.543. The zero-order valence-electron chi connectivity index (χ0n) is 5.63. The highest BCUT2D eigenvalue weighted by atomic mass is 14.6. The Hall–Kier alpha value is -0.890. The minimum Gasteiger partial charge on any atom is -0.264 e. The van der Waals surface area contributed by atoms with Gasteiger partial charge in [-0.1, -0.05) is 0 Å². The van der Waals surface area contributed by atoms with Gasteiger partial charge in [-0.3, -0.25) is 4.98 Å². The van der Waals surface area contributed by atoms with Crippen LogP contribution < -0.4 is 6.15 Å². The predicted molar refractivity (Wildman–Crippen MR) is 35.8 cm³/mol. The van der Waals surface area contributed by atoms with Crippen LogP contribution in [0.2, 0.25) is 0 Å². The Kier molecular flexibility index (Phi) is 2.88. The largest absolute Gasteiger partial charge is 0.264 e. The van der Waals surface area contributed by atoms with Gasteiger partial charge in [-0.25, -0.2) is 0 Å². The van der Waals surface area contributed by atoms with Crippen molar-refractivity contribution in [2.45, 2.75) is 13.8 Å². The molecule has 0 fully saturated rings. The molecular formula is C7H9N2. The third kappa shape index (κ3) is 1.82. The van der Waals surface area contributed by atoms with Crippen molar-refractivity contribution in [2.75, 3.05) is 0 Å². The second-order valence-electron chi connectivity index (χ2n) is 1.96. The molecule has 0 saturated heterocycles. The van der Waals surface area contributed by atoms with Gasteiger partial charge < -0.3 is 0 Å². The van der Waals surface area contributed by atoms with Crippen molar-refractivity contribution in [1.29, 1.82) is 0 Å². The summed E-state index contributed by atoms with van der Waals surface area (Å²) in [5.74, 6) is 0. The van der Waals surface area contributed by atoms with Crippen LogP contribution in [0.5, 0.6) is 0 Å². The van der Waals surface area contributed by atoms with Crippen molar-refractivity contribution in [3.63, 3.8) is 0 Å². The molecule has 0 bridgehead atoms. The molecule has 2 heteroatoms. The summed E-state index contributed by atoms with van der Waals surface area (Å²) in [5.41, 5.74) is 2.56. The predicted octanol–water partition coefficient (Wildman–Crippen LogP) is 1.22. The number of pyridine rings is 1. The van der Waals surface area contributed by atoms with Gasteiger partial charge in [-0.15, -0.1) is 0 Å². The Morgan fingerprint density at radius 3 is 2.22 bits per heavy atom. The number of aromatic nitrogens is 1. The van der Waals surface area contributed by atoms with Crippen LogP contribution in [-0.2, 0) is 0 Å². The standard InChI is InChI=1S/C7H9N.N/c1-6-3-4-8-5-7(6)2;/h3-5H,1-2H3;. The van der Waals surface area contributed by atoms with Gasteiger partial charge in [0.1, 0.15) is 0 Å². The van der Waals surface area contributed by atoms with E-state index in [-0.39, 0.29) is 6.15 Å². The summed E-state index contributed by atoms with van der Waals surface area (Å²) < 4.78 is 0. The van der Waals surface area contributed by atoms with Crippen molar-refractivity contribution in [3.8, 4) is 0 Å². The maximum atomic E-state index is 3.95. The van der Waals surface area contributed by atoms with Gasteiger partial charge in [0.2, 0.25) is 0 Å². The summed E-state index contributed by atoms with van der Waals surface area (Å²) in [4.78, 5) is 3.95. The lowest BCUT2D eigenvalue weighted by molar-refractivity contribution is 1.22. The van der Waals surface area contributed by atoms with Crippen molar-refractivity contribution < 1.29 is 0 Å². The summed E-state index contributed by atoms with van der Waals surface area (Å²) >= 11 is 0. The molecule has 0 spiro atoms. The lowest BCUT2D eigenvalue weighted by Gasteiger charge is -1.92. The molecule has 9 heavy (non-hydrogen) atoms. The first-order chi connectivity index (χ1) is 3.80. The third-order valence-corrected chi connectivity index (χ3v) is 1.30. The topological polar surface area (TPSA) is 43.4 Å². The Morgan fingerprint density at radius 1 is 1.22 bits per heavy atom. The zero-order valence-corrected chi connectivity index (χ0v) is 5.63. The summed E-state index contributed by atoms with van der Waals surface area (Å²) in [7, 11) is 0. The molecular weight excluding hydrogens is 112 g/mol. The molecule has 0 N–H and O–H groups in total. The second kappa shape index (κ2) is 3.20. The molecule has 0 aliphatic carbocycles. The molecule has 0 aliphatic rings. The van der Waals surface area contributed by atoms with Crippen molar-refractivity contribution in [1.82, 2.24) is 11.1 Å². The Labute approximate surface area is 55.5 Å². The lowest BCUT2D eigenvalue weighted by Crippen LogP contribution is -1.78. The number of rotatable bonds is 0. The van der Waals surface area contributed by atoms with Gasteiger partial charge >= 0.3 is 0 Å². The van der Waals surface area contributed by atoms with E-state index in [0.717, 1.165) is 0 Å². The highest BCUT2D eigenvalue weighted by Crippen LogP contribution is 2.00. The summed E-state index contributed by atoms with van der Waals surface area (Å²) in [6.45, 7) is 4.14. The first-order valence-corrected chi connectivity index (χ1v) is 2.68. The summed E-state index contributed by atoms with van der Waals surface area (Å²) in [6, 6.07) is 2.01. The van der Waals surface area contributed by atoms with Crippen LogP contribution in [0.3, 0.4) is 0 Å². The van der Waals surface area contributed by atoms with Crippen LogP contribution in [0, 0.1) is 13.8 Å². The Balaban J connectivity index is 0.000000640. The van der Waals surface area contributed by atoms with E-state index >= 15 is 0 Å². The molecule has 0 aromatic carbocycles. The average Bonchev–Trinajstić information content (AvgIpc) is 1.77. The highest BCUT2D eigenvalue weighted by Gasteiger charge is 1.84. The first kappa shape index (κ1) is 8.11. The van der Waals surface area contributed by atoms with Crippen LogP contribution in [0.15, 0.2) is 18.5 Å². The quantitative estimate of drug-likeness (QED) is 0.509. The van der Waals surface area contributed by atoms with Gasteiger partial charge in [-0.2, -0.15) is 0 Å². The molecule has 3 radical (unpaired) electrons. The fourth-order valence-electron chi connectivity index (χ4n) is 0.543. The zero-order chi connectivity index (χ0) is 5.98. The fraction of sp³-hybridized carbons (Fsp3) is 0.286. The Morgan fingerprint density at radius 2 is 1.89 bits per heavy atom. The normalized spacial score (nSPS) is 8.22. The molecule has 0 atom stereocenters. The molecule has 0 amide bonds. The van der Waals surface area contributed by atoms with Crippen molar-refractivity contribution in [2.24, 2.45) is 0 Å². The molecule has 0 saturated carbocycles. The number of aryl methyl sites for hydroxylation is 2. The van der Waals surface area contributed by atoms with E-state index in [0.29, 0.717) is 0 Å². The first-order valence-electron chi connectivity index (χ1n) is 2.68. The molecule has 1 aromatic heterocycles. The monoisotopic (exact) mass is 121 g/mol. The van der Waals surface area contributed by atoms with E-state index in [9.17, 15) is 0 Å². The minimum absolute atomic E-state index is 0. The number of nitrogens with zero attached hydrogens (tertiary/aromatic N) is 2. The molecule has 1 aromatic rings. The average molecular weight is 121 g/mol. The van der Waals surface area contributed by atoms with Crippen LogP contribution >= 0.6 is 0 Å². The minimum atomic E-state index is 0. The molecule has 1 heterocycles. The summed E-state index contributed by atoms with van der Waals surface area (Å²) in [5, 5.41) is 0. The smallest absolute Gasteiger partial charge is 0.0299 e. The molecule has 1 rings (SSSR count). The maximum absolute atomic E-state index is 3.95. The number of hydrogen-bond acceptors (Lipinski definition) is 1. The molecule has 0 aliphatic heterocycles. The summed E-state index contributed by atoms with van der Waals surface area (Å²) in [6.07, 6.45) is 3.68. The molecule has 0 unspecified atom stereocenters. The van der Waals surface area contributed by atoms with Gasteiger partial charge in [0.25, 0.3) is 0 Å². The Bertz CT molecular complexity index is 163. The van der Waals surface area contributed by atoms with Crippen LogP contribution in [0.4, 0.5) is 0 Å². The van der Waals surface area contributed by atoms with Crippen molar-refractivity contribution in [3.05, 3.63) is 29.6 Å². The van der Waals surface area contributed by atoms with E-state index in [1.165, 1.54) is 11.1 Å². The van der Waals surface area contributed by atoms with Gasteiger partial charge in [-0.05, 0) is 31.0 Å². The van der Waals surface area contributed by atoms with Crippen LogP contribution in [0.1, 0.15) is 11.1 Å². The highest BCUT2D eigenvalue weighted by molar-refractivity contribution is 5.18. The maximum Gasteiger partial charge on any atom is 0.0299 e. The third-order valence-electron chi connectivity index (χ3n) is 1.30. The number of hydrogen-bond donors (Lipinski definition) is 0. The van der Waals surface area contributed by atoms with Gasteiger partial charge in [0.05, 0.1) is 0 Å². The van der Waals surface area contributed by atoms with E-state index in [1.54, 1.807) is 0 Å². The SMILES string of the molecule is Cc1ccncc1C.[N]. The van der Waals surface area contributed by atoms with Crippen LogP contribution in [-0.4, -0.2) is 4.98 Å². The van der Waals surface area contributed by atoms with E-state index in [2.05, 4.69) is 18.8 Å². The molecule has 47 valence electrons.